The second-order valence-electron chi connectivity index (χ2n) is 4.51. The molecule has 2 rings (SSSR count). The maximum Gasteiger partial charge on any atom is 0.156 e. The minimum absolute atomic E-state index is 0.616. The van der Waals surface area contributed by atoms with Gasteiger partial charge in [-0.05, 0) is 25.7 Å². The molecule has 0 bridgehead atoms. The Hall–Kier alpha value is -0.180. The molecule has 0 radical (unpaired) electrons. The predicted molar refractivity (Wildman–Crippen MR) is 63.9 cm³/mol. The molecule has 1 atom stereocenters. The Bertz CT molecular complexity index is 209. The van der Waals surface area contributed by atoms with Gasteiger partial charge in [-0.1, -0.05) is 31.0 Å². The van der Waals surface area contributed by atoms with Crippen molar-refractivity contribution in [3.63, 3.8) is 0 Å². The Labute approximate surface area is 90.9 Å². The van der Waals surface area contributed by atoms with Crippen molar-refractivity contribution in [2.75, 3.05) is 12.3 Å². The minimum atomic E-state index is 0.616. The third-order valence-corrected chi connectivity index (χ3v) is 4.24. The summed E-state index contributed by atoms with van der Waals surface area (Å²) in [4.78, 5) is 4.67. The van der Waals surface area contributed by atoms with Crippen LogP contribution in [0.15, 0.2) is 4.99 Å². The summed E-state index contributed by atoms with van der Waals surface area (Å²) < 4.78 is 0. The van der Waals surface area contributed by atoms with Gasteiger partial charge in [0.05, 0.1) is 0 Å². The summed E-state index contributed by atoms with van der Waals surface area (Å²) in [7, 11) is 0. The highest BCUT2D eigenvalue weighted by Gasteiger charge is 2.17. The van der Waals surface area contributed by atoms with Gasteiger partial charge in [-0.15, -0.1) is 0 Å². The van der Waals surface area contributed by atoms with Gasteiger partial charge in [-0.2, -0.15) is 0 Å². The van der Waals surface area contributed by atoms with Gasteiger partial charge in [0, 0.05) is 18.3 Å². The summed E-state index contributed by atoms with van der Waals surface area (Å²) in [6.07, 6.45) is 7.09. The quantitative estimate of drug-likeness (QED) is 0.761. The van der Waals surface area contributed by atoms with E-state index in [1.807, 2.05) is 11.8 Å². The Morgan fingerprint density at radius 3 is 2.79 bits per heavy atom. The zero-order valence-corrected chi connectivity index (χ0v) is 9.78. The van der Waals surface area contributed by atoms with Gasteiger partial charge >= 0.3 is 0 Å². The number of nitrogens with one attached hydrogen (secondary N) is 1. The van der Waals surface area contributed by atoms with Gasteiger partial charge in [0.25, 0.3) is 0 Å². The van der Waals surface area contributed by atoms with Crippen LogP contribution in [0.25, 0.3) is 0 Å². The largest absolute Gasteiger partial charge is 0.362 e. The molecule has 14 heavy (non-hydrogen) atoms. The normalized spacial score (nSPS) is 32.1. The molecule has 2 fully saturated rings. The van der Waals surface area contributed by atoms with Crippen LogP contribution in [0.2, 0.25) is 0 Å². The average molecular weight is 212 g/mol. The Kier molecular flexibility index (Phi) is 3.74. The highest BCUT2D eigenvalue weighted by Crippen LogP contribution is 2.24. The highest BCUT2D eigenvalue weighted by molar-refractivity contribution is 8.14. The second kappa shape index (κ2) is 5.06. The standard InChI is InChI=1S/C11H20N2S/c1-9-8-14-11(13-9)12-7-10-5-3-2-4-6-10/h9-10H,2-8H2,1H3,(H,12,13). The number of amidine groups is 1. The van der Waals surface area contributed by atoms with Gasteiger partial charge in [-0.25, -0.2) is 0 Å². The lowest BCUT2D eigenvalue weighted by Gasteiger charge is -2.19. The second-order valence-corrected chi connectivity index (χ2v) is 5.51. The van der Waals surface area contributed by atoms with Gasteiger partial charge in [0.1, 0.15) is 0 Å². The SMILES string of the molecule is CC1CSC(=NCC2CCCCC2)N1. The monoisotopic (exact) mass is 212 g/mol. The van der Waals surface area contributed by atoms with E-state index >= 15 is 0 Å². The summed E-state index contributed by atoms with van der Waals surface area (Å²) in [5, 5.41) is 4.59. The molecule has 0 spiro atoms. The first-order valence-corrected chi connectivity index (χ1v) is 6.77. The molecule has 2 nitrogen and oxygen atoms in total. The smallest absolute Gasteiger partial charge is 0.156 e. The Morgan fingerprint density at radius 2 is 2.14 bits per heavy atom. The molecule has 3 heteroatoms. The van der Waals surface area contributed by atoms with E-state index in [0.29, 0.717) is 6.04 Å². The highest BCUT2D eigenvalue weighted by atomic mass is 32.2. The summed E-state index contributed by atoms with van der Waals surface area (Å²) in [6.45, 7) is 3.28. The van der Waals surface area contributed by atoms with Crippen molar-refractivity contribution >= 4 is 16.9 Å². The molecular weight excluding hydrogens is 192 g/mol. The number of hydrogen-bond acceptors (Lipinski definition) is 2. The molecule has 1 unspecified atom stereocenters. The summed E-state index contributed by atoms with van der Waals surface area (Å²) in [5.74, 6) is 2.05. The van der Waals surface area contributed by atoms with Crippen molar-refractivity contribution in [1.29, 1.82) is 0 Å². The van der Waals surface area contributed by atoms with E-state index in [1.165, 1.54) is 43.0 Å². The molecule has 0 aromatic carbocycles. The molecule has 1 N–H and O–H groups in total. The predicted octanol–water partition coefficient (Wildman–Crippen LogP) is 2.65. The fourth-order valence-corrected chi connectivity index (χ4v) is 3.11. The van der Waals surface area contributed by atoms with E-state index in [9.17, 15) is 0 Å². The minimum Gasteiger partial charge on any atom is -0.362 e. The molecule has 0 amide bonds. The van der Waals surface area contributed by atoms with Crippen LogP contribution in [0.4, 0.5) is 0 Å². The molecule has 0 aromatic rings. The van der Waals surface area contributed by atoms with Crippen LogP contribution in [0.1, 0.15) is 39.0 Å². The van der Waals surface area contributed by atoms with Crippen molar-refractivity contribution < 1.29 is 0 Å². The molecule has 80 valence electrons. The van der Waals surface area contributed by atoms with Crippen LogP contribution in [0.5, 0.6) is 0 Å². The van der Waals surface area contributed by atoms with Gasteiger partial charge in [-0.3, -0.25) is 4.99 Å². The molecule has 1 aliphatic heterocycles. The topological polar surface area (TPSA) is 24.4 Å². The van der Waals surface area contributed by atoms with E-state index in [-0.39, 0.29) is 0 Å². The lowest BCUT2D eigenvalue weighted by molar-refractivity contribution is 0.367. The van der Waals surface area contributed by atoms with Gasteiger partial charge in [0.2, 0.25) is 0 Å². The van der Waals surface area contributed by atoms with Crippen LogP contribution >= 0.6 is 11.8 Å². The molecule has 2 aliphatic rings. The van der Waals surface area contributed by atoms with E-state index in [4.69, 9.17) is 0 Å². The van der Waals surface area contributed by atoms with Crippen LogP contribution in [0, 0.1) is 5.92 Å². The first-order valence-electron chi connectivity index (χ1n) is 5.78. The van der Waals surface area contributed by atoms with Crippen LogP contribution < -0.4 is 5.32 Å². The summed E-state index contributed by atoms with van der Waals surface area (Å²) in [6, 6.07) is 0.616. The molecule has 1 heterocycles. The molecule has 1 saturated carbocycles. The van der Waals surface area contributed by atoms with Crippen LogP contribution in [-0.2, 0) is 0 Å². The number of rotatable bonds is 2. The molecule has 1 aliphatic carbocycles. The molecule has 1 saturated heterocycles. The first kappa shape index (κ1) is 10.3. The van der Waals surface area contributed by atoms with Gasteiger partial charge in [0.15, 0.2) is 5.17 Å². The number of nitrogens with zero attached hydrogens (tertiary/aromatic N) is 1. The van der Waals surface area contributed by atoms with E-state index < -0.39 is 0 Å². The van der Waals surface area contributed by atoms with E-state index in [0.717, 1.165) is 12.5 Å². The lowest BCUT2D eigenvalue weighted by Crippen LogP contribution is -2.24. The summed E-state index contributed by atoms with van der Waals surface area (Å²) in [5.41, 5.74) is 0. The Morgan fingerprint density at radius 1 is 1.36 bits per heavy atom. The van der Waals surface area contributed by atoms with E-state index in [2.05, 4.69) is 17.2 Å². The maximum atomic E-state index is 4.67. The van der Waals surface area contributed by atoms with Crippen molar-refractivity contribution in [3.05, 3.63) is 0 Å². The van der Waals surface area contributed by atoms with Crippen molar-refractivity contribution in [1.82, 2.24) is 5.32 Å². The summed E-state index contributed by atoms with van der Waals surface area (Å²) >= 11 is 1.88. The lowest BCUT2D eigenvalue weighted by atomic mass is 9.89. The number of aliphatic imine (C=N–C) groups is 1. The third kappa shape index (κ3) is 2.91. The fraction of sp³-hybridized carbons (Fsp3) is 0.909. The molecule has 0 aromatic heterocycles. The average Bonchev–Trinajstić information content (AvgIpc) is 2.63. The Balaban J connectivity index is 1.74. The zero-order valence-electron chi connectivity index (χ0n) is 8.96. The van der Waals surface area contributed by atoms with Gasteiger partial charge < -0.3 is 5.32 Å². The van der Waals surface area contributed by atoms with Crippen LogP contribution in [0.3, 0.4) is 0 Å². The van der Waals surface area contributed by atoms with E-state index in [1.54, 1.807) is 0 Å². The zero-order chi connectivity index (χ0) is 9.80. The third-order valence-electron chi connectivity index (χ3n) is 3.06. The number of hydrogen-bond donors (Lipinski definition) is 1. The van der Waals surface area contributed by atoms with Crippen LogP contribution in [-0.4, -0.2) is 23.5 Å². The first-order chi connectivity index (χ1) is 6.84. The van der Waals surface area contributed by atoms with Crippen molar-refractivity contribution in [3.8, 4) is 0 Å². The van der Waals surface area contributed by atoms with Crippen molar-refractivity contribution in [2.24, 2.45) is 10.9 Å². The number of thioether (sulfide) groups is 1. The van der Waals surface area contributed by atoms with Crippen molar-refractivity contribution in [2.45, 2.75) is 45.1 Å². The fourth-order valence-electron chi connectivity index (χ4n) is 2.17. The maximum absolute atomic E-state index is 4.67. The molecular formula is C11H20N2S.